The van der Waals surface area contributed by atoms with Gasteiger partial charge in [0.25, 0.3) is 10.1 Å². The van der Waals surface area contributed by atoms with Crippen LogP contribution in [0.2, 0.25) is 5.02 Å². The molecular formula is C19H16ClFN2O3S. The minimum Gasteiger partial charge on any atom is -0.338 e. The van der Waals surface area contributed by atoms with Crippen molar-refractivity contribution in [2.24, 2.45) is 0 Å². The average Bonchev–Trinajstić information content (AvgIpc) is 2.91. The number of fused-ring (bicyclic) bond motifs is 3. The van der Waals surface area contributed by atoms with Gasteiger partial charge >= 0.3 is 0 Å². The Hall–Kier alpha value is -2.35. The Bertz CT molecular complexity index is 1130. The van der Waals surface area contributed by atoms with Crippen molar-refractivity contribution in [1.29, 1.82) is 0 Å². The summed E-state index contributed by atoms with van der Waals surface area (Å²) < 4.78 is 47.4. The molecule has 2 heterocycles. The molecule has 2 aromatic carbocycles. The lowest BCUT2D eigenvalue weighted by Gasteiger charge is -2.26. The number of aromatic nitrogens is 1. The van der Waals surface area contributed by atoms with Crippen molar-refractivity contribution in [2.45, 2.75) is 12.3 Å². The van der Waals surface area contributed by atoms with Crippen LogP contribution >= 0.6 is 11.6 Å². The van der Waals surface area contributed by atoms with E-state index >= 15 is 0 Å². The molecule has 0 saturated carbocycles. The fourth-order valence-corrected chi connectivity index (χ4v) is 4.18. The summed E-state index contributed by atoms with van der Waals surface area (Å²) >= 11 is 6.20. The van der Waals surface area contributed by atoms with Gasteiger partial charge in [0.2, 0.25) is 0 Å². The van der Waals surface area contributed by atoms with Crippen molar-refractivity contribution in [1.82, 2.24) is 4.57 Å². The number of hydrogen-bond acceptors (Lipinski definition) is 3. The SMILES string of the molecule is O=S(=O)(O)Cn1cc2c(c1)-c1ccc(Cl)cc1N(c1ccccc1F)CC2. The van der Waals surface area contributed by atoms with Gasteiger partial charge in [-0.2, -0.15) is 8.42 Å². The van der Waals surface area contributed by atoms with Crippen molar-refractivity contribution < 1.29 is 17.4 Å². The molecule has 0 aliphatic carbocycles. The van der Waals surface area contributed by atoms with Crippen LogP contribution in [0.4, 0.5) is 15.8 Å². The second-order valence-electron chi connectivity index (χ2n) is 6.44. The molecule has 27 heavy (non-hydrogen) atoms. The number of nitrogens with zero attached hydrogens (tertiary/aromatic N) is 2. The van der Waals surface area contributed by atoms with E-state index in [1.807, 2.05) is 11.0 Å². The Morgan fingerprint density at radius 1 is 1.07 bits per heavy atom. The van der Waals surface area contributed by atoms with Crippen molar-refractivity contribution in [3.63, 3.8) is 0 Å². The van der Waals surface area contributed by atoms with Crippen LogP contribution in [-0.2, 0) is 22.4 Å². The Balaban J connectivity index is 1.87. The second kappa shape index (κ2) is 6.67. The predicted octanol–water partition coefficient (Wildman–Crippen LogP) is 4.49. The largest absolute Gasteiger partial charge is 0.338 e. The fourth-order valence-electron chi connectivity index (χ4n) is 3.49. The van der Waals surface area contributed by atoms with Crippen LogP contribution in [0.1, 0.15) is 5.56 Å². The summed E-state index contributed by atoms with van der Waals surface area (Å²) in [6.45, 7) is 0.497. The maximum absolute atomic E-state index is 14.4. The number of hydrogen-bond donors (Lipinski definition) is 1. The Kier molecular flexibility index (Phi) is 4.46. The first-order valence-electron chi connectivity index (χ1n) is 8.27. The van der Waals surface area contributed by atoms with Gasteiger partial charge in [0.1, 0.15) is 11.7 Å². The van der Waals surface area contributed by atoms with E-state index < -0.39 is 16.0 Å². The topological polar surface area (TPSA) is 62.5 Å². The zero-order valence-corrected chi connectivity index (χ0v) is 15.7. The van der Waals surface area contributed by atoms with Crippen LogP contribution in [0.15, 0.2) is 54.9 Å². The molecule has 0 atom stereocenters. The molecule has 140 valence electrons. The quantitative estimate of drug-likeness (QED) is 0.651. The molecule has 8 heteroatoms. The molecule has 0 bridgehead atoms. The predicted molar refractivity (Wildman–Crippen MR) is 104 cm³/mol. The van der Waals surface area contributed by atoms with Gasteiger partial charge in [0.15, 0.2) is 0 Å². The van der Waals surface area contributed by atoms with Gasteiger partial charge in [-0.25, -0.2) is 4.39 Å². The zero-order chi connectivity index (χ0) is 19.2. The molecule has 1 N–H and O–H groups in total. The highest BCUT2D eigenvalue weighted by molar-refractivity contribution is 7.84. The first-order chi connectivity index (χ1) is 12.8. The molecule has 0 radical (unpaired) electrons. The summed E-state index contributed by atoms with van der Waals surface area (Å²) in [6.07, 6.45) is 3.96. The third-order valence-electron chi connectivity index (χ3n) is 4.56. The van der Waals surface area contributed by atoms with E-state index in [9.17, 15) is 12.8 Å². The summed E-state index contributed by atoms with van der Waals surface area (Å²) in [5.74, 6) is -0.841. The maximum atomic E-state index is 14.4. The molecule has 4 rings (SSSR count). The van der Waals surface area contributed by atoms with E-state index in [4.69, 9.17) is 16.2 Å². The van der Waals surface area contributed by atoms with E-state index in [0.717, 1.165) is 22.4 Å². The van der Waals surface area contributed by atoms with E-state index in [1.54, 1.807) is 42.7 Å². The molecule has 0 unspecified atom stereocenters. The van der Waals surface area contributed by atoms with Gasteiger partial charge in [-0.15, -0.1) is 0 Å². The van der Waals surface area contributed by atoms with Crippen LogP contribution < -0.4 is 4.90 Å². The van der Waals surface area contributed by atoms with Crippen LogP contribution in [0.5, 0.6) is 0 Å². The monoisotopic (exact) mass is 406 g/mol. The third kappa shape index (κ3) is 3.58. The molecule has 5 nitrogen and oxygen atoms in total. The minimum absolute atomic E-state index is 0.327. The standard InChI is InChI=1S/C19H16ClFN2O3S/c20-14-5-6-15-16-11-22(12-27(24,25)26)10-13(16)7-8-23(19(15)9-14)18-4-2-1-3-17(18)21/h1-6,9-11H,7-8,12H2,(H,24,25,26). The molecule has 0 spiro atoms. The molecule has 1 aliphatic rings. The van der Waals surface area contributed by atoms with E-state index in [1.165, 1.54) is 10.6 Å². The van der Waals surface area contributed by atoms with E-state index in [-0.39, 0.29) is 5.82 Å². The second-order valence-corrected chi connectivity index (χ2v) is 8.30. The van der Waals surface area contributed by atoms with Crippen molar-refractivity contribution >= 4 is 33.1 Å². The smallest absolute Gasteiger partial charge is 0.283 e. The first-order valence-corrected chi connectivity index (χ1v) is 10.3. The molecule has 1 aliphatic heterocycles. The van der Waals surface area contributed by atoms with E-state index in [0.29, 0.717) is 23.7 Å². The third-order valence-corrected chi connectivity index (χ3v) is 5.42. The summed E-state index contributed by atoms with van der Waals surface area (Å²) in [5, 5.41) is 0.524. The lowest BCUT2D eigenvalue weighted by atomic mass is 10.0. The summed E-state index contributed by atoms with van der Waals surface area (Å²) in [4.78, 5) is 1.88. The van der Waals surface area contributed by atoms with Crippen LogP contribution in [0.3, 0.4) is 0 Å². The number of benzene rings is 2. The van der Waals surface area contributed by atoms with Crippen LogP contribution in [0.25, 0.3) is 11.1 Å². The molecule has 3 aromatic rings. The van der Waals surface area contributed by atoms with Gasteiger partial charge in [0, 0.05) is 35.1 Å². The number of anilines is 2. The Morgan fingerprint density at radius 3 is 2.59 bits per heavy atom. The van der Waals surface area contributed by atoms with E-state index in [2.05, 4.69) is 0 Å². The molecule has 0 saturated heterocycles. The van der Waals surface area contributed by atoms with Crippen molar-refractivity contribution in [3.8, 4) is 11.1 Å². The highest BCUT2D eigenvalue weighted by Crippen LogP contribution is 2.42. The minimum atomic E-state index is -4.15. The maximum Gasteiger partial charge on any atom is 0.283 e. The summed E-state index contributed by atoms with van der Waals surface area (Å²) in [7, 11) is -4.15. The van der Waals surface area contributed by atoms with Gasteiger partial charge in [-0.3, -0.25) is 4.55 Å². The summed E-state index contributed by atoms with van der Waals surface area (Å²) in [5.41, 5.74) is 3.78. The molecule has 0 amide bonds. The Morgan fingerprint density at radius 2 is 1.85 bits per heavy atom. The Labute approximate surface area is 161 Å². The number of rotatable bonds is 3. The van der Waals surface area contributed by atoms with Gasteiger partial charge in [-0.1, -0.05) is 29.8 Å². The van der Waals surface area contributed by atoms with Crippen molar-refractivity contribution in [3.05, 3.63) is 71.3 Å². The lowest BCUT2D eigenvalue weighted by Crippen LogP contribution is -2.20. The molecular weight excluding hydrogens is 391 g/mol. The highest BCUT2D eigenvalue weighted by atomic mass is 35.5. The summed E-state index contributed by atoms with van der Waals surface area (Å²) in [6, 6.07) is 11.9. The molecule has 1 aromatic heterocycles. The van der Waals surface area contributed by atoms with Crippen molar-refractivity contribution in [2.75, 3.05) is 11.4 Å². The van der Waals surface area contributed by atoms with Gasteiger partial charge < -0.3 is 9.47 Å². The number of halogens is 2. The highest BCUT2D eigenvalue weighted by Gasteiger charge is 2.24. The lowest BCUT2D eigenvalue weighted by molar-refractivity contribution is 0.472. The average molecular weight is 407 g/mol. The van der Waals surface area contributed by atoms with Gasteiger partial charge in [0.05, 0.1) is 11.4 Å². The van der Waals surface area contributed by atoms with Crippen LogP contribution in [-0.4, -0.2) is 24.1 Å². The normalized spacial score (nSPS) is 13.8. The molecule has 0 fully saturated rings. The number of para-hydroxylation sites is 1. The zero-order valence-electron chi connectivity index (χ0n) is 14.1. The van der Waals surface area contributed by atoms with Gasteiger partial charge in [-0.05, 0) is 36.2 Å². The first kappa shape index (κ1) is 18.0. The fraction of sp³-hybridized carbons (Fsp3) is 0.158. The van der Waals surface area contributed by atoms with Crippen LogP contribution in [0, 0.1) is 5.82 Å².